The van der Waals surface area contributed by atoms with Crippen LogP contribution < -0.4 is 5.32 Å². The highest BCUT2D eigenvalue weighted by atomic mass is 79.9. The van der Waals surface area contributed by atoms with E-state index in [-0.39, 0.29) is 16.4 Å². The van der Waals surface area contributed by atoms with Gasteiger partial charge in [0.1, 0.15) is 5.75 Å². The van der Waals surface area contributed by atoms with Crippen molar-refractivity contribution in [3.8, 4) is 5.75 Å². The molecule has 1 saturated carbocycles. The standard InChI is InChI=1S/C13H16BrNO2S/c1-18-13(5-2-6-13)8-15-12(17)9-3-4-10(14)11(16)7-9/h3-4,7,16H,2,5-6,8H2,1H3,(H,15,17). The van der Waals surface area contributed by atoms with Crippen molar-refractivity contribution in [2.45, 2.75) is 24.0 Å². The summed E-state index contributed by atoms with van der Waals surface area (Å²) >= 11 is 5.03. The molecule has 1 aromatic rings. The molecule has 18 heavy (non-hydrogen) atoms. The number of hydrogen-bond acceptors (Lipinski definition) is 3. The number of carbonyl (C=O) groups excluding carboxylic acids is 1. The minimum Gasteiger partial charge on any atom is -0.507 e. The van der Waals surface area contributed by atoms with Gasteiger partial charge < -0.3 is 10.4 Å². The van der Waals surface area contributed by atoms with Crippen LogP contribution in [0.25, 0.3) is 0 Å². The van der Waals surface area contributed by atoms with Crippen LogP contribution in [0.5, 0.6) is 5.75 Å². The number of benzene rings is 1. The molecule has 0 radical (unpaired) electrons. The number of aromatic hydroxyl groups is 1. The Morgan fingerprint density at radius 2 is 2.28 bits per heavy atom. The van der Waals surface area contributed by atoms with Crippen LogP contribution in [0.2, 0.25) is 0 Å². The summed E-state index contributed by atoms with van der Waals surface area (Å²) in [4.78, 5) is 12.0. The van der Waals surface area contributed by atoms with Crippen LogP contribution in [0.3, 0.4) is 0 Å². The predicted molar refractivity (Wildman–Crippen MR) is 78.2 cm³/mol. The molecule has 0 aromatic heterocycles. The molecule has 0 saturated heterocycles. The molecular formula is C13H16BrNO2S. The van der Waals surface area contributed by atoms with Crippen LogP contribution in [0, 0.1) is 0 Å². The monoisotopic (exact) mass is 329 g/mol. The maximum absolute atomic E-state index is 12.0. The van der Waals surface area contributed by atoms with Crippen molar-refractivity contribution in [3.05, 3.63) is 28.2 Å². The van der Waals surface area contributed by atoms with Crippen LogP contribution in [0.15, 0.2) is 22.7 Å². The first-order valence-corrected chi connectivity index (χ1v) is 7.90. The van der Waals surface area contributed by atoms with E-state index in [2.05, 4.69) is 27.5 Å². The lowest BCUT2D eigenvalue weighted by atomic mass is 9.84. The Balaban J connectivity index is 1.97. The first-order chi connectivity index (χ1) is 8.56. The Hall–Kier alpha value is -0.680. The summed E-state index contributed by atoms with van der Waals surface area (Å²) in [5.41, 5.74) is 0.492. The van der Waals surface area contributed by atoms with Gasteiger partial charge in [0.15, 0.2) is 0 Å². The molecule has 1 amide bonds. The second-order valence-electron chi connectivity index (χ2n) is 4.59. The lowest BCUT2D eigenvalue weighted by Gasteiger charge is -2.40. The van der Waals surface area contributed by atoms with E-state index in [0.29, 0.717) is 16.6 Å². The third-order valence-electron chi connectivity index (χ3n) is 3.48. The number of nitrogens with one attached hydrogen (secondary N) is 1. The number of carbonyl (C=O) groups is 1. The Bertz CT molecular complexity index is 455. The molecule has 1 aromatic carbocycles. The summed E-state index contributed by atoms with van der Waals surface area (Å²) in [6, 6.07) is 4.86. The topological polar surface area (TPSA) is 49.3 Å². The van der Waals surface area contributed by atoms with Gasteiger partial charge in [0.2, 0.25) is 0 Å². The third-order valence-corrected chi connectivity index (χ3v) is 5.57. The van der Waals surface area contributed by atoms with E-state index >= 15 is 0 Å². The summed E-state index contributed by atoms with van der Waals surface area (Å²) in [6.07, 6.45) is 5.67. The van der Waals surface area contributed by atoms with E-state index in [1.54, 1.807) is 12.1 Å². The molecule has 0 atom stereocenters. The van der Waals surface area contributed by atoms with Crippen molar-refractivity contribution in [1.29, 1.82) is 0 Å². The number of phenolic OH excluding ortho intramolecular Hbond substituents is 1. The molecule has 5 heteroatoms. The van der Waals surface area contributed by atoms with Gasteiger partial charge in [-0.05, 0) is 53.2 Å². The molecule has 0 heterocycles. The number of halogens is 1. The van der Waals surface area contributed by atoms with Crippen molar-refractivity contribution in [1.82, 2.24) is 5.32 Å². The van der Waals surface area contributed by atoms with Gasteiger partial charge in [0.25, 0.3) is 5.91 Å². The fourth-order valence-corrected chi connectivity index (χ4v) is 3.18. The molecule has 0 aliphatic heterocycles. The van der Waals surface area contributed by atoms with E-state index in [9.17, 15) is 9.90 Å². The number of thioether (sulfide) groups is 1. The predicted octanol–water partition coefficient (Wildman–Crippen LogP) is 3.17. The van der Waals surface area contributed by atoms with E-state index in [1.165, 1.54) is 25.3 Å². The van der Waals surface area contributed by atoms with E-state index in [1.807, 2.05) is 11.8 Å². The van der Waals surface area contributed by atoms with Crippen LogP contribution in [-0.2, 0) is 0 Å². The van der Waals surface area contributed by atoms with Crippen molar-refractivity contribution in [2.75, 3.05) is 12.8 Å². The second kappa shape index (κ2) is 5.53. The molecule has 0 unspecified atom stereocenters. The normalized spacial score (nSPS) is 17.0. The molecule has 2 N–H and O–H groups in total. The molecule has 0 spiro atoms. The number of phenols is 1. The zero-order valence-corrected chi connectivity index (χ0v) is 12.6. The highest BCUT2D eigenvalue weighted by molar-refractivity contribution is 9.10. The Kier molecular flexibility index (Phi) is 4.22. The smallest absolute Gasteiger partial charge is 0.251 e. The molecule has 1 aliphatic carbocycles. The van der Waals surface area contributed by atoms with E-state index in [0.717, 1.165) is 0 Å². The summed E-state index contributed by atoms with van der Waals surface area (Å²) in [5.74, 6) is -0.0380. The second-order valence-corrected chi connectivity index (χ2v) is 6.72. The van der Waals surface area contributed by atoms with Crippen LogP contribution in [0.1, 0.15) is 29.6 Å². The number of hydrogen-bond donors (Lipinski definition) is 2. The van der Waals surface area contributed by atoms with Crippen molar-refractivity contribution in [3.63, 3.8) is 0 Å². The maximum atomic E-state index is 12.0. The van der Waals surface area contributed by atoms with Gasteiger partial charge in [-0.15, -0.1) is 0 Å². The fourth-order valence-electron chi connectivity index (χ4n) is 2.02. The lowest BCUT2D eigenvalue weighted by Crippen LogP contribution is -2.45. The molecule has 98 valence electrons. The summed E-state index contributed by atoms with van der Waals surface area (Å²) in [7, 11) is 0. The van der Waals surface area contributed by atoms with Crippen molar-refractivity contribution in [2.24, 2.45) is 0 Å². The first-order valence-electron chi connectivity index (χ1n) is 5.88. The molecule has 1 aliphatic rings. The minimum atomic E-state index is -0.127. The Labute approximate surface area is 119 Å². The minimum absolute atomic E-state index is 0.0888. The largest absolute Gasteiger partial charge is 0.507 e. The average Bonchev–Trinajstić information content (AvgIpc) is 2.31. The molecule has 0 bridgehead atoms. The van der Waals surface area contributed by atoms with Crippen LogP contribution in [-0.4, -0.2) is 28.6 Å². The van der Waals surface area contributed by atoms with Gasteiger partial charge in [0, 0.05) is 16.9 Å². The molecular weight excluding hydrogens is 314 g/mol. The third kappa shape index (κ3) is 2.83. The zero-order chi connectivity index (χ0) is 13.2. The maximum Gasteiger partial charge on any atom is 0.251 e. The van der Waals surface area contributed by atoms with E-state index < -0.39 is 0 Å². The summed E-state index contributed by atoms with van der Waals surface area (Å²) < 4.78 is 0.825. The Morgan fingerprint density at radius 3 is 2.78 bits per heavy atom. The van der Waals surface area contributed by atoms with Crippen molar-refractivity contribution < 1.29 is 9.90 Å². The van der Waals surface area contributed by atoms with Gasteiger partial charge >= 0.3 is 0 Å². The number of rotatable bonds is 4. The van der Waals surface area contributed by atoms with Crippen LogP contribution >= 0.6 is 27.7 Å². The molecule has 2 rings (SSSR count). The SMILES string of the molecule is CSC1(CNC(=O)c2ccc(Br)c(O)c2)CCC1. The van der Waals surface area contributed by atoms with Crippen LogP contribution in [0.4, 0.5) is 0 Å². The van der Waals surface area contributed by atoms with Gasteiger partial charge in [-0.25, -0.2) is 0 Å². The fraction of sp³-hybridized carbons (Fsp3) is 0.462. The average molecular weight is 330 g/mol. The van der Waals surface area contributed by atoms with Crippen molar-refractivity contribution >= 4 is 33.6 Å². The summed E-state index contributed by atoms with van der Waals surface area (Å²) in [6.45, 7) is 0.698. The van der Waals surface area contributed by atoms with Gasteiger partial charge in [-0.2, -0.15) is 11.8 Å². The lowest BCUT2D eigenvalue weighted by molar-refractivity contribution is 0.0943. The van der Waals surface area contributed by atoms with Gasteiger partial charge in [-0.1, -0.05) is 6.42 Å². The van der Waals surface area contributed by atoms with Gasteiger partial charge in [-0.3, -0.25) is 4.79 Å². The highest BCUT2D eigenvalue weighted by Crippen LogP contribution is 2.42. The Morgan fingerprint density at radius 1 is 1.56 bits per heavy atom. The number of amides is 1. The zero-order valence-electron chi connectivity index (χ0n) is 10.2. The summed E-state index contributed by atoms with van der Waals surface area (Å²) in [5, 5.41) is 12.5. The highest BCUT2D eigenvalue weighted by Gasteiger charge is 2.36. The van der Waals surface area contributed by atoms with E-state index in [4.69, 9.17) is 0 Å². The molecule has 3 nitrogen and oxygen atoms in total. The van der Waals surface area contributed by atoms with Gasteiger partial charge in [0.05, 0.1) is 4.47 Å². The first kappa shape index (κ1) is 13.7. The molecule has 1 fully saturated rings. The quantitative estimate of drug-likeness (QED) is 0.891.